The number of hydrogen-bond acceptors (Lipinski definition) is 2. The van der Waals surface area contributed by atoms with Gasteiger partial charge in [0.05, 0.1) is 6.10 Å². The van der Waals surface area contributed by atoms with E-state index in [2.05, 4.69) is 30.4 Å². The van der Waals surface area contributed by atoms with Gasteiger partial charge in [-0.25, -0.2) is 0 Å². The van der Waals surface area contributed by atoms with Gasteiger partial charge in [0.15, 0.2) is 0 Å². The Morgan fingerprint density at radius 1 is 1.10 bits per heavy atom. The molecule has 21 heavy (non-hydrogen) atoms. The van der Waals surface area contributed by atoms with E-state index in [1.807, 2.05) is 30.3 Å². The molecular formula is C16H22F3NO. The van der Waals surface area contributed by atoms with E-state index in [1.54, 1.807) is 0 Å². The third-order valence-corrected chi connectivity index (χ3v) is 3.90. The average molecular weight is 301 g/mol. The SMILES string of the molecule is CC(C)(C)N1CC[C@@H](OC(F)(F)F)C[C@H]1c1ccccc1. The maximum Gasteiger partial charge on any atom is 0.522 e. The molecule has 1 aromatic rings. The van der Waals surface area contributed by atoms with Crippen LogP contribution in [0, 0.1) is 0 Å². The van der Waals surface area contributed by atoms with E-state index in [4.69, 9.17) is 0 Å². The molecular weight excluding hydrogens is 279 g/mol. The number of alkyl halides is 3. The van der Waals surface area contributed by atoms with E-state index in [-0.39, 0.29) is 11.6 Å². The second-order valence-electron chi connectivity index (χ2n) is 6.50. The smallest absolute Gasteiger partial charge is 0.291 e. The fraction of sp³-hybridized carbons (Fsp3) is 0.625. The van der Waals surface area contributed by atoms with Crippen LogP contribution in [-0.2, 0) is 4.74 Å². The van der Waals surface area contributed by atoms with Gasteiger partial charge in [-0.2, -0.15) is 0 Å². The summed E-state index contributed by atoms with van der Waals surface area (Å²) in [5, 5.41) is 0. The highest BCUT2D eigenvalue weighted by Gasteiger charge is 2.40. The van der Waals surface area contributed by atoms with E-state index in [9.17, 15) is 13.2 Å². The summed E-state index contributed by atoms with van der Waals surface area (Å²) in [6.07, 6.45) is -4.56. The van der Waals surface area contributed by atoms with Gasteiger partial charge >= 0.3 is 6.36 Å². The van der Waals surface area contributed by atoms with Crippen LogP contribution in [0.5, 0.6) is 0 Å². The molecule has 0 radical (unpaired) electrons. The monoisotopic (exact) mass is 301 g/mol. The first-order chi connectivity index (χ1) is 9.67. The van der Waals surface area contributed by atoms with Crippen LogP contribution in [0.3, 0.4) is 0 Å². The summed E-state index contributed by atoms with van der Waals surface area (Å²) in [4.78, 5) is 2.26. The maximum atomic E-state index is 12.5. The minimum absolute atomic E-state index is 0.0488. The number of likely N-dealkylation sites (tertiary alicyclic amines) is 1. The lowest BCUT2D eigenvalue weighted by Gasteiger charge is -2.47. The number of nitrogens with zero attached hydrogens (tertiary/aromatic N) is 1. The minimum atomic E-state index is -4.56. The molecule has 2 nitrogen and oxygen atoms in total. The summed E-state index contributed by atoms with van der Waals surface area (Å²) in [6, 6.07) is 9.65. The Labute approximate surface area is 123 Å². The molecule has 1 aliphatic rings. The van der Waals surface area contributed by atoms with Gasteiger partial charge in [-0.15, -0.1) is 13.2 Å². The molecule has 0 saturated carbocycles. The van der Waals surface area contributed by atoms with Crippen molar-refractivity contribution in [3.8, 4) is 0 Å². The van der Waals surface area contributed by atoms with Gasteiger partial charge in [-0.1, -0.05) is 30.3 Å². The number of ether oxygens (including phenoxy) is 1. The Bertz CT molecular complexity index is 453. The Morgan fingerprint density at radius 3 is 2.24 bits per heavy atom. The number of rotatable bonds is 2. The summed E-state index contributed by atoms with van der Waals surface area (Å²) < 4.78 is 41.7. The number of piperidine rings is 1. The maximum absolute atomic E-state index is 12.5. The highest BCUT2D eigenvalue weighted by atomic mass is 19.4. The highest BCUT2D eigenvalue weighted by molar-refractivity contribution is 5.20. The Balaban J connectivity index is 2.20. The first-order valence-electron chi connectivity index (χ1n) is 7.23. The van der Waals surface area contributed by atoms with Crippen molar-refractivity contribution >= 4 is 0 Å². The van der Waals surface area contributed by atoms with Crippen LogP contribution in [0.2, 0.25) is 0 Å². The molecule has 0 amide bonds. The van der Waals surface area contributed by atoms with Crippen molar-refractivity contribution in [3.63, 3.8) is 0 Å². The predicted octanol–water partition coefficient (Wildman–Crippen LogP) is 4.53. The number of halogens is 3. The van der Waals surface area contributed by atoms with Crippen LogP contribution in [0.1, 0.15) is 45.2 Å². The molecule has 2 rings (SSSR count). The number of benzene rings is 1. The van der Waals surface area contributed by atoms with Crippen LogP contribution in [-0.4, -0.2) is 29.4 Å². The average Bonchev–Trinajstić information content (AvgIpc) is 2.36. The molecule has 118 valence electrons. The summed E-state index contributed by atoms with van der Waals surface area (Å²) in [7, 11) is 0. The van der Waals surface area contributed by atoms with Crippen molar-refractivity contribution in [2.75, 3.05) is 6.54 Å². The molecule has 0 aliphatic carbocycles. The number of hydrogen-bond donors (Lipinski definition) is 0. The molecule has 0 bridgehead atoms. The fourth-order valence-electron chi connectivity index (χ4n) is 3.02. The van der Waals surface area contributed by atoms with Gasteiger partial charge in [0.25, 0.3) is 0 Å². The Hall–Kier alpha value is -1.07. The molecule has 1 aliphatic heterocycles. The van der Waals surface area contributed by atoms with Crippen molar-refractivity contribution in [1.82, 2.24) is 4.90 Å². The lowest BCUT2D eigenvalue weighted by Crippen LogP contribution is -2.50. The zero-order valence-corrected chi connectivity index (χ0v) is 12.7. The van der Waals surface area contributed by atoms with Crippen molar-refractivity contribution in [3.05, 3.63) is 35.9 Å². The van der Waals surface area contributed by atoms with Crippen LogP contribution in [0.15, 0.2) is 30.3 Å². The van der Waals surface area contributed by atoms with Gasteiger partial charge in [-0.3, -0.25) is 9.64 Å². The molecule has 1 saturated heterocycles. The van der Waals surface area contributed by atoms with E-state index in [0.717, 1.165) is 5.56 Å². The second kappa shape index (κ2) is 5.97. The summed E-state index contributed by atoms with van der Waals surface area (Å²) in [5.74, 6) is 0. The van der Waals surface area contributed by atoms with Gasteiger partial charge in [0.1, 0.15) is 0 Å². The van der Waals surface area contributed by atoms with Crippen molar-refractivity contribution < 1.29 is 17.9 Å². The highest BCUT2D eigenvalue weighted by Crippen LogP contribution is 2.38. The van der Waals surface area contributed by atoms with Crippen LogP contribution < -0.4 is 0 Å². The standard InChI is InChI=1S/C16H22F3NO/c1-15(2,3)20-10-9-13(21-16(17,18)19)11-14(20)12-7-5-4-6-8-12/h4-8,13-14H,9-11H2,1-3H3/t13-,14+/m1/s1. The van der Waals surface area contributed by atoms with E-state index in [1.165, 1.54) is 0 Å². The van der Waals surface area contributed by atoms with Crippen molar-refractivity contribution in [1.29, 1.82) is 0 Å². The third kappa shape index (κ3) is 4.45. The second-order valence-corrected chi connectivity index (χ2v) is 6.50. The molecule has 1 heterocycles. The Kier molecular flexibility index (Phi) is 4.63. The summed E-state index contributed by atoms with van der Waals surface area (Å²) in [6.45, 7) is 6.87. The van der Waals surface area contributed by atoms with Gasteiger partial charge in [-0.05, 0) is 39.2 Å². The quantitative estimate of drug-likeness (QED) is 0.796. The van der Waals surface area contributed by atoms with Gasteiger partial charge < -0.3 is 0 Å². The fourth-order valence-corrected chi connectivity index (χ4v) is 3.02. The molecule has 0 spiro atoms. The first kappa shape index (κ1) is 16.3. The van der Waals surface area contributed by atoms with E-state index < -0.39 is 12.5 Å². The first-order valence-corrected chi connectivity index (χ1v) is 7.23. The zero-order valence-electron chi connectivity index (χ0n) is 12.7. The van der Waals surface area contributed by atoms with Crippen LogP contribution >= 0.6 is 0 Å². The largest absolute Gasteiger partial charge is 0.522 e. The molecule has 1 fully saturated rings. The normalized spacial score (nSPS) is 25.0. The minimum Gasteiger partial charge on any atom is -0.291 e. The zero-order chi connectivity index (χ0) is 15.7. The van der Waals surface area contributed by atoms with E-state index in [0.29, 0.717) is 19.4 Å². The Morgan fingerprint density at radius 2 is 1.71 bits per heavy atom. The van der Waals surface area contributed by atoms with Gasteiger partial charge in [0, 0.05) is 18.1 Å². The summed E-state index contributed by atoms with van der Waals surface area (Å²) >= 11 is 0. The van der Waals surface area contributed by atoms with Gasteiger partial charge in [0.2, 0.25) is 0 Å². The molecule has 0 unspecified atom stereocenters. The topological polar surface area (TPSA) is 12.5 Å². The molecule has 0 aromatic heterocycles. The van der Waals surface area contributed by atoms with Crippen molar-refractivity contribution in [2.45, 2.75) is 57.7 Å². The molecule has 1 aromatic carbocycles. The third-order valence-electron chi connectivity index (χ3n) is 3.90. The molecule has 5 heteroatoms. The lowest BCUT2D eigenvalue weighted by atomic mass is 9.89. The summed E-state index contributed by atoms with van der Waals surface area (Å²) in [5.41, 5.74) is 0.951. The predicted molar refractivity (Wildman–Crippen MR) is 75.8 cm³/mol. The molecule has 2 atom stereocenters. The van der Waals surface area contributed by atoms with Crippen LogP contribution in [0.25, 0.3) is 0 Å². The lowest BCUT2D eigenvalue weighted by molar-refractivity contribution is -0.347. The van der Waals surface area contributed by atoms with Crippen molar-refractivity contribution in [2.24, 2.45) is 0 Å². The molecule has 0 N–H and O–H groups in total. The van der Waals surface area contributed by atoms with Crippen LogP contribution in [0.4, 0.5) is 13.2 Å². The van der Waals surface area contributed by atoms with E-state index >= 15 is 0 Å².